The number of aryl methyl sites for hydroxylation is 1. The van der Waals surface area contributed by atoms with E-state index < -0.39 is 0 Å². The van der Waals surface area contributed by atoms with Crippen LogP contribution in [0.5, 0.6) is 11.5 Å². The first-order valence-electron chi connectivity index (χ1n) is 9.50. The van der Waals surface area contributed by atoms with Gasteiger partial charge in [0.1, 0.15) is 17.3 Å². The third-order valence-electron chi connectivity index (χ3n) is 4.24. The van der Waals surface area contributed by atoms with Crippen molar-refractivity contribution < 1.29 is 14.3 Å². The highest BCUT2D eigenvalue weighted by atomic mass is 16.5. The van der Waals surface area contributed by atoms with Crippen molar-refractivity contribution in [1.29, 1.82) is 0 Å². The molecule has 0 aliphatic heterocycles. The van der Waals surface area contributed by atoms with E-state index in [9.17, 15) is 4.79 Å². The first-order valence-corrected chi connectivity index (χ1v) is 9.50. The van der Waals surface area contributed by atoms with Crippen LogP contribution in [-0.2, 0) is 0 Å². The van der Waals surface area contributed by atoms with Crippen molar-refractivity contribution in [2.24, 2.45) is 0 Å². The molecule has 1 heterocycles. The van der Waals surface area contributed by atoms with Crippen LogP contribution in [0.2, 0.25) is 0 Å². The number of nitrogens with one attached hydrogen (secondary N) is 3. The van der Waals surface area contributed by atoms with Crippen LogP contribution in [0.4, 0.5) is 17.5 Å². The predicted molar refractivity (Wildman–Crippen MR) is 117 cm³/mol. The molecule has 8 heteroatoms. The average molecular weight is 407 g/mol. The minimum absolute atomic E-state index is 0.164. The summed E-state index contributed by atoms with van der Waals surface area (Å²) >= 11 is 0. The van der Waals surface area contributed by atoms with E-state index in [2.05, 4.69) is 25.9 Å². The number of carbonyl (C=O) groups is 1. The number of ether oxygens (including phenoxy) is 2. The van der Waals surface area contributed by atoms with Gasteiger partial charge >= 0.3 is 0 Å². The Morgan fingerprint density at radius 1 is 0.933 bits per heavy atom. The number of carbonyl (C=O) groups excluding carboxylic acids is 1. The topological polar surface area (TPSA) is 97.4 Å². The molecule has 0 fully saturated rings. The maximum absolute atomic E-state index is 12.2. The van der Waals surface area contributed by atoms with Gasteiger partial charge in [0.25, 0.3) is 5.91 Å². The number of aromatic nitrogens is 2. The lowest BCUT2D eigenvalue weighted by Gasteiger charge is -2.11. The molecule has 8 nitrogen and oxygen atoms in total. The van der Waals surface area contributed by atoms with Gasteiger partial charge in [-0.15, -0.1) is 0 Å². The molecular formula is C22H25N5O3. The molecule has 156 valence electrons. The largest absolute Gasteiger partial charge is 0.497 e. The maximum Gasteiger partial charge on any atom is 0.251 e. The first kappa shape index (κ1) is 20.9. The van der Waals surface area contributed by atoms with Crippen LogP contribution in [0.1, 0.15) is 16.1 Å². The molecule has 0 unspecified atom stereocenters. The summed E-state index contributed by atoms with van der Waals surface area (Å²) in [5.74, 6) is 2.43. The number of hydrogen-bond donors (Lipinski definition) is 3. The van der Waals surface area contributed by atoms with E-state index in [0.717, 1.165) is 17.1 Å². The summed E-state index contributed by atoms with van der Waals surface area (Å²) in [7, 11) is 3.20. The Labute approximate surface area is 175 Å². The fraction of sp³-hybridized carbons (Fsp3) is 0.227. The van der Waals surface area contributed by atoms with Gasteiger partial charge in [-0.2, -0.15) is 4.98 Å². The molecule has 0 saturated heterocycles. The van der Waals surface area contributed by atoms with Gasteiger partial charge in [-0.05, 0) is 49.4 Å². The predicted octanol–water partition coefficient (Wildman–Crippen LogP) is 3.39. The van der Waals surface area contributed by atoms with Gasteiger partial charge in [-0.3, -0.25) is 4.79 Å². The summed E-state index contributed by atoms with van der Waals surface area (Å²) in [5.41, 5.74) is 2.27. The van der Waals surface area contributed by atoms with Crippen LogP contribution in [0.3, 0.4) is 0 Å². The second kappa shape index (κ2) is 10.1. The molecule has 0 aliphatic rings. The van der Waals surface area contributed by atoms with Crippen molar-refractivity contribution in [1.82, 2.24) is 15.3 Å². The van der Waals surface area contributed by atoms with E-state index in [4.69, 9.17) is 9.47 Å². The second-order valence-electron chi connectivity index (χ2n) is 6.49. The average Bonchev–Trinajstić information content (AvgIpc) is 2.77. The monoisotopic (exact) mass is 407 g/mol. The molecule has 0 bridgehead atoms. The molecule has 0 aliphatic carbocycles. The fourth-order valence-electron chi connectivity index (χ4n) is 2.75. The van der Waals surface area contributed by atoms with Crippen LogP contribution in [0.25, 0.3) is 0 Å². The molecule has 3 aromatic rings. The molecule has 30 heavy (non-hydrogen) atoms. The second-order valence-corrected chi connectivity index (χ2v) is 6.49. The van der Waals surface area contributed by atoms with E-state index in [0.29, 0.717) is 36.2 Å². The molecule has 0 radical (unpaired) electrons. The smallest absolute Gasteiger partial charge is 0.251 e. The number of methoxy groups -OCH3 is 2. The van der Waals surface area contributed by atoms with Crippen molar-refractivity contribution in [2.45, 2.75) is 6.92 Å². The van der Waals surface area contributed by atoms with Crippen LogP contribution >= 0.6 is 0 Å². The Balaban J connectivity index is 1.53. The Bertz CT molecular complexity index is 992. The Kier molecular flexibility index (Phi) is 7.05. The van der Waals surface area contributed by atoms with E-state index in [1.165, 1.54) is 0 Å². The van der Waals surface area contributed by atoms with Crippen LogP contribution in [-0.4, -0.2) is 43.2 Å². The summed E-state index contributed by atoms with van der Waals surface area (Å²) < 4.78 is 10.3. The highest BCUT2D eigenvalue weighted by molar-refractivity contribution is 5.94. The van der Waals surface area contributed by atoms with Gasteiger partial charge in [-0.1, -0.05) is 6.07 Å². The minimum Gasteiger partial charge on any atom is -0.497 e. The summed E-state index contributed by atoms with van der Waals surface area (Å²) in [5, 5.41) is 9.25. The lowest BCUT2D eigenvalue weighted by atomic mass is 10.2. The highest BCUT2D eigenvalue weighted by Crippen LogP contribution is 2.20. The SMILES string of the molecule is COc1ccc(Nc2cc(C)nc(NCCNC(=O)c3cccc(OC)c3)n2)cc1. The molecular weight excluding hydrogens is 382 g/mol. The molecule has 2 aromatic carbocycles. The third kappa shape index (κ3) is 5.84. The summed E-state index contributed by atoms with van der Waals surface area (Å²) in [6.07, 6.45) is 0. The summed E-state index contributed by atoms with van der Waals surface area (Å²) in [6, 6.07) is 16.5. The fourth-order valence-corrected chi connectivity index (χ4v) is 2.75. The zero-order valence-corrected chi connectivity index (χ0v) is 17.2. The zero-order chi connectivity index (χ0) is 21.3. The van der Waals surface area contributed by atoms with Gasteiger partial charge in [0.2, 0.25) is 5.95 Å². The Morgan fingerprint density at radius 2 is 1.70 bits per heavy atom. The molecule has 1 amide bonds. The van der Waals surface area contributed by atoms with E-state index in [1.54, 1.807) is 38.5 Å². The number of amides is 1. The van der Waals surface area contributed by atoms with E-state index in [-0.39, 0.29) is 5.91 Å². The summed E-state index contributed by atoms with van der Waals surface area (Å²) in [4.78, 5) is 21.1. The zero-order valence-electron chi connectivity index (χ0n) is 17.2. The molecule has 0 atom stereocenters. The first-order chi connectivity index (χ1) is 14.6. The van der Waals surface area contributed by atoms with Gasteiger partial charge in [0.15, 0.2) is 0 Å². The Morgan fingerprint density at radius 3 is 2.43 bits per heavy atom. The van der Waals surface area contributed by atoms with Gasteiger partial charge in [-0.25, -0.2) is 4.98 Å². The highest BCUT2D eigenvalue weighted by Gasteiger charge is 2.07. The van der Waals surface area contributed by atoms with Crippen molar-refractivity contribution in [2.75, 3.05) is 37.9 Å². The maximum atomic E-state index is 12.2. The van der Waals surface area contributed by atoms with Gasteiger partial charge in [0.05, 0.1) is 14.2 Å². The molecule has 3 N–H and O–H groups in total. The quantitative estimate of drug-likeness (QED) is 0.468. The van der Waals surface area contributed by atoms with Crippen LogP contribution < -0.4 is 25.4 Å². The molecule has 3 rings (SSSR count). The Hall–Kier alpha value is -3.81. The van der Waals surface area contributed by atoms with E-state index in [1.807, 2.05) is 37.3 Å². The van der Waals surface area contributed by atoms with Gasteiger partial charge in [0, 0.05) is 36.1 Å². The van der Waals surface area contributed by atoms with Crippen LogP contribution in [0, 0.1) is 6.92 Å². The minimum atomic E-state index is -0.164. The number of hydrogen-bond acceptors (Lipinski definition) is 7. The lowest BCUT2D eigenvalue weighted by Crippen LogP contribution is -2.29. The number of anilines is 3. The van der Waals surface area contributed by atoms with Crippen molar-refractivity contribution in [3.8, 4) is 11.5 Å². The van der Waals surface area contributed by atoms with Crippen LogP contribution in [0.15, 0.2) is 54.6 Å². The number of nitrogens with zero attached hydrogens (tertiary/aromatic N) is 2. The molecule has 0 spiro atoms. The molecule has 1 aromatic heterocycles. The number of benzene rings is 2. The normalized spacial score (nSPS) is 10.2. The van der Waals surface area contributed by atoms with Gasteiger partial charge < -0.3 is 25.4 Å². The van der Waals surface area contributed by atoms with E-state index >= 15 is 0 Å². The molecule has 0 saturated carbocycles. The van der Waals surface area contributed by atoms with Crippen molar-refractivity contribution >= 4 is 23.4 Å². The number of rotatable bonds is 9. The van der Waals surface area contributed by atoms with Crippen molar-refractivity contribution in [3.05, 3.63) is 65.9 Å². The summed E-state index contributed by atoms with van der Waals surface area (Å²) in [6.45, 7) is 2.81. The van der Waals surface area contributed by atoms with Crippen molar-refractivity contribution in [3.63, 3.8) is 0 Å². The third-order valence-corrected chi connectivity index (χ3v) is 4.24. The lowest BCUT2D eigenvalue weighted by molar-refractivity contribution is 0.0955. The standard InChI is InChI=1S/C22H25N5O3/c1-15-13-20(26-17-7-9-18(29-2)10-8-17)27-22(25-15)24-12-11-23-21(28)16-5-4-6-19(14-16)30-3/h4-10,13-14H,11-12H2,1-3H3,(H,23,28)(H2,24,25,26,27).